The second-order valence-electron chi connectivity index (χ2n) is 7.14. The van der Waals surface area contributed by atoms with E-state index in [0.717, 1.165) is 16.8 Å². The first-order chi connectivity index (χ1) is 13.6. The van der Waals surface area contributed by atoms with Crippen LogP contribution >= 0.6 is 0 Å². The molecule has 1 atom stereocenters. The third-order valence-electron chi connectivity index (χ3n) is 4.15. The van der Waals surface area contributed by atoms with Gasteiger partial charge in [-0.25, -0.2) is 0 Å². The largest absolute Gasteiger partial charge is 0.477 e. The van der Waals surface area contributed by atoms with E-state index in [2.05, 4.69) is 20.6 Å². The molecule has 2 amide bonds. The van der Waals surface area contributed by atoms with Crippen LogP contribution in [-0.2, 0) is 4.79 Å². The molecule has 1 aromatic heterocycles. The number of carbonyl (C=O) groups is 2. The Morgan fingerprint density at radius 3 is 2.21 bits per heavy atom. The van der Waals surface area contributed by atoms with Crippen molar-refractivity contribution in [1.82, 2.24) is 9.97 Å². The molecule has 0 radical (unpaired) electrons. The second kappa shape index (κ2) is 9.22. The van der Waals surface area contributed by atoms with Gasteiger partial charge in [0, 0.05) is 5.69 Å². The molecule has 0 spiro atoms. The molecular formula is C20H28N6O3. The van der Waals surface area contributed by atoms with E-state index in [9.17, 15) is 9.59 Å². The minimum absolute atomic E-state index is 0.0244. The van der Waals surface area contributed by atoms with Crippen molar-refractivity contribution in [2.75, 3.05) is 17.2 Å². The van der Waals surface area contributed by atoms with Gasteiger partial charge in [0.05, 0.1) is 6.61 Å². The third-order valence-corrected chi connectivity index (χ3v) is 4.15. The van der Waals surface area contributed by atoms with E-state index in [1.54, 1.807) is 6.92 Å². The van der Waals surface area contributed by atoms with Crippen molar-refractivity contribution in [3.63, 3.8) is 0 Å². The summed E-state index contributed by atoms with van der Waals surface area (Å²) in [5.41, 5.74) is 13.9. The first-order valence-electron chi connectivity index (χ1n) is 9.38. The predicted octanol–water partition coefficient (Wildman–Crippen LogP) is 2.26. The van der Waals surface area contributed by atoms with E-state index in [1.807, 2.05) is 45.9 Å². The van der Waals surface area contributed by atoms with E-state index < -0.39 is 17.9 Å². The zero-order chi connectivity index (χ0) is 21.7. The predicted molar refractivity (Wildman–Crippen MR) is 112 cm³/mol. The van der Waals surface area contributed by atoms with E-state index in [1.165, 1.54) is 0 Å². The molecular weight excluding hydrogens is 372 g/mol. The number of ether oxygens (including phenoxy) is 1. The summed E-state index contributed by atoms with van der Waals surface area (Å²) in [5, 5.41) is 6.04. The number of hydrogen-bond donors (Lipinski definition) is 4. The van der Waals surface area contributed by atoms with E-state index in [-0.39, 0.29) is 35.7 Å². The minimum atomic E-state index is -0.734. The van der Waals surface area contributed by atoms with Crippen LogP contribution in [-0.4, -0.2) is 34.4 Å². The molecule has 2 rings (SSSR count). The third kappa shape index (κ3) is 5.56. The van der Waals surface area contributed by atoms with Gasteiger partial charge in [-0.2, -0.15) is 9.97 Å². The highest BCUT2D eigenvalue weighted by Gasteiger charge is 2.25. The molecule has 0 saturated heterocycles. The summed E-state index contributed by atoms with van der Waals surface area (Å²) in [7, 11) is 0. The van der Waals surface area contributed by atoms with Crippen LogP contribution in [0.1, 0.15) is 42.3 Å². The highest BCUT2D eigenvalue weighted by molar-refractivity contribution is 6.00. The molecule has 0 saturated carbocycles. The lowest BCUT2D eigenvalue weighted by atomic mass is 10.0. The summed E-state index contributed by atoms with van der Waals surface area (Å²) in [5.74, 6) is -1.07. The maximum atomic E-state index is 12.1. The summed E-state index contributed by atoms with van der Waals surface area (Å²) >= 11 is 0. The summed E-state index contributed by atoms with van der Waals surface area (Å²) in [6.45, 7) is 9.65. The number of carbonyl (C=O) groups excluding carboxylic acids is 2. The molecule has 1 heterocycles. The molecule has 1 unspecified atom stereocenters. The van der Waals surface area contributed by atoms with Crippen molar-refractivity contribution >= 4 is 29.3 Å². The Labute approximate surface area is 170 Å². The number of aromatic nitrogens is 2. The molecule has 0 bridgehead atoms. The Morgan fingerprint density at radius 1 is 1.10 bits per heavy atom. The van der Waals surface area contributed by atoms with Crippen molar-refractivity contribution in [2.45, 2.75) is 40.7 Å². The average Bonchev–Trinajstić information content (AvgIpc) is 2.58. The van der Waals surface area contributed by atoms with Crippen molar-refractivity contribution in [3.8, 4) is 5.88 Å². The van der Waals surface area contributed by atoms with Crippen LogP contribution in [0.15, 0.2) is 18.2 Å². The average molecular weight is 400 g/mol. The number of anilines is 3. The van der Waals surface area contributed by atoms with Gasteiger partial charge in [0.15, 0.2) is 5.82 Å². The lowest BCUT2D eigenvalue weighted by molar-refractivity contribution is -0.119. The first kappa shape index (κ1) is 21.9. The van der Waals surface area contributed by atoms with Gasteiger partial charge in [-0.15, -0.1) is 0 Å². The number of nitrogens with two attached hydrogens (primary N) is 2. The molecule has 0 aliphatic heterocycles. The summed E-state index contributed by atoms with van der Waals surface area (Å²) in [6, 6.07) is 5.15. The van der Waals surface area contributed by atoms with Crippen molar-refractivity contribution < 1.29 is 14.3 Å². The Balaban J connectivity index is 2.57. The fraction of sp³-hybridized carbons (Fsp3) is 0.400. The number of primary amides is 2. The van der Waals surface area contributed by atoms with Crippen molar-refractivity contribution in [1.29, 1.82) is 0 Å². The van der Waals surface area contributed by atoms with Crippen LogP contribution in [0.4, 0.5) is 17.5 Å². The SMILES string of the molecule is CCOc1nc(NC(C(N)=O)C(C)C)nc(Nc2cc(C)cc(C)c2)c1C(N)=O. The number of nitrogens with zero attached hydrogens (tertiary/aromatic N) is 2. The monoisotopic (exact) mass is 400 g/mol. The lowest BCUT2D eigenvalue weighted by Gasteiger charge is -2.21. The van der Waals surface area contributed by atoms with E-state index >= 15 is 0 Å². The van der Waals surface area contributed by atoms with E-state index in [4.69, 9.17) is 16.2 Å². The van der Waals surface area contributed by atoms with Gasteiger partial charge in [-0.3, -0.25) is 9.59 Å². The first-order valence-corrected chi connectivity index (χ1v) is 9.38. The lowest BCUT2D eigenvalue weighted by Crippen LogP contribution is -2.40. The van der Waals surface area contributed by atoms with Gasteiger partial charge in [-0.1, -0.05) is 19.9 Å². The quantitative estimate of drug-likeness (QED) is 0.505. The van der Waals surface area contributed by atoms with Crippen LogP contribution in [0.5, 0.6) is 5.88 Å². The van der Waals surface area contributed by atoms with Crippen molar-refractivity contribution in [3.05, 3.63) is 34.9 Å². The molecule has 0 aliphatic rings. The molecule has 29 heavy (non-hydrogen) atoms. The maximum Gasteiger partial charge on any atom is 0.258 e. The minimum Gasteiger partial charge on any atom is -0.477 e. The number of hydrogen-bond acceptors (Lipinski definition) is 7. The molecule has 9 heteroatoms. The van der Waals surface area contributed by atoms with E-state index in [0.29, 0.717) is 0 Å². The fourth-order valence-electron chi connectivity index (χ4n) is 2.95. The highest BCUT2D eigenvalue weighted by atomic mass is 16.5. The molecule has 0 aliphatic carbocycles. The Bertz CT molecular complexity index is 893. The van der Waals surface area contributed by atoms with Gasteiger partial charge in [0.1, 0.15) is 11.6 Å². The van der Waals surface area contributed by atoms with Crippen molar-refractivity contribution in [2.24, 2.45) is 17.4 Å². The number of benzene rings is 1. The highest BCUT2D eigenvalue weighted by Crippen LogP contribution is 2.28. The van der Waals surface area contributed by atoms with Gasteiger partial charge in [0.2, 0.25) is 17.7 Å². The van der Waals surface area contributed by atoms with Gasteiger partial charge >= 0.3 is 0 Å². The summed E-state index contributed by atoms with van der Waals surface area (Å²) < 4.78 is 5.52. The van der Waals surface area contributed by atoms with Crippen LogP contribution in [0, 0.1) is 19.8 Å². The number of nitrogens with one attached hydrogen (secondary N) is 2. The molecule has 1 aromatic carbocycles. The number of rotatable bonds is 9. The Hall–Kier alpha value is -3.36. The van der Waals surface area contributed by atoms with Crippen LogP contribution < -0.4 is 26.8 Å². The Kier molecular flexibility index (Phi) is 6.98. The zero-order valence-corrected chi connectivity index (χ0v) is 17.4. The molecule has 156 valence electrons. The maximum absolute atomic E-state index is 12.1. The van der Waals surface area contributed by atoms with Gasteiger partial charge in [0.25, 0.3) is 5.91 Å². The van der Waals surface area contributed by atoms with Crippen LogP contribution in [0.25, 0.3) is 0 Å². The molecule has 6 N–H and O–H groups in total. The summed E-state index contributed by atoms with van der Waals surface area (Å²) in [6.07, 6.45) is 0. The second-order valence-corrected chi connectivity index (χ2v) is 7.14. The number of amides is 2. The fourth-order valence-corrected chi connectivity index (χ4v) is 2.95. The van der Waals surface area contributed by atoms with Crippen LogP contribution in [0.2, 0.25) is 0 Å². The molecule has 9 nitrogen and oxygen atoms in total. The standard InChI is InChI=1S/C20H28N6O3/c1-6-29-19-14(16(21)27)18(23-13-8-11(4)7-12(5)9-13)25-20(26-19)24-15(10(2)3)17(22)28/h7-10,15H,6H2,1-5H3,(H2,21,27)(H2,22,28)(H2,23,24,25,26). The Morgan fingerprint density at radius 2 is 1.72 bits per heavy atom. The topological polar surface area (TPSA) is 145 Å². The summed E-state index contributed by atoms with van der Waals surface area (Å²) in [4.78, 5) is 32.5. The number of aryl methyl sites for hydroxylation is 2. The normalized spacial score (nSPS) is 11.8. The van der Waals surface area contributed by atoms with Gasteiger partial charge in [-0.05, 0) is 49.9 Å². The molecule has 2 aromatic rings. The molecule has 0 fully saturated rings. The smallest absolute Gasteiger partial charge is 0.258 e. The van der Waals surface area contributed by atoms with Gasteiger partial charge < -0.3 is 26.8 Å². The zero-order valence-electron chi connectivity index (χ0n) is 17.4. The van der Waals surface area contributed by atoms with Crippen LogP contribution in [0.3, 0.4) is 0 Å².